The maximum Gasteiger partial charge on any atom is 0.337 e. The van der Waals surface area contributed by atoms with E-state index in [0.717, 1.165) is 0 Å². The van der Waals surface area contributed by atoms with E-state index in [9.17, 15) is 9.59 Å². The van der Waals surface area contributed by atoms with Gasteiger partial charge < -0.3 is 14.5 Å². The normalized spacial score (nSPS) is 18.8. The van der Waals surface area contributed by atoms with Crippen molar-refractivity contribution in [1.82, 2.24) is 9.80 Å². The van der Waals surface area contributed by atoms with Gasteiger partial charge in [0, 0.05) is 35.4 Å². The first-order chi connectivity index (χ1) is 10.3. The predicted octanol–water partition coefficient (Wildman–Crippen LogP) is 3.48. The number of carbonyl (C=O) groups is 2. The summed E-state index contributed by atoms with van der Waals surface area (Å²) in [6.45, 7) is 1.69. The van der Waals surface area contributed by atoms with E-state index in [4.69, 9.17) is 27.9 Å². The molecule has 0 fully saturated rings. The van der Waals surface area contributed by atoms with Crippen LogP contribution >= 0.6 is 23.2 Å². The van der Waals surface area contributed by atoms with E-state index in [0.29, 0.717) is 26.9 Å². The Bertz CT molecular complexity index is 653. The van der Waals surface area contributed by atoms with Crippen molar-refractivity contribution in [2.24, 2.45) is 0 Å². The molecule has 0 aromatic heterocycles. The third kappa shape index (κ3) is 2.55. The number of urea groups is 1. The van der Waals surface area contributed by atoms with Gasteiger partial charge in [-0.25, -0.2) is 9.59 Å². The minimum atomic E-state index is -0.697. The number of esters is 1. The molecule has 0 aliphatic carbocycles. The molecule has 7 heteroatoms. The van der Waals surface area contributed by atoms with Crippen LogP contribution in [0.5, 0.6) is 0 Å². The molecule has 1 aliphatic rings. The third-order valence-corrected chi connectivity index (χ3v) is 4.48. The number of likely N-dealkylation sites (N-methyl/N-ethyl adjacent to an activating group) is 1. The summed E-state index contributed by atoms with van der Waals surface area (Å²) in [5.41, 5.74) is 1.35. The Morgan fingerprint density at radius 1 is 1.23 bits per heavy atom. The Balaban J connectivity index is 2.74. The highest BCUT2D eigenvalue weighted by atomic mass is 35.5. The molecule has 1 aromatic carbocycles. The maximum atomic E-state index is 12.4. The molecule has 22 heavy (non-hydrogen) atoms. The van der Waals surface area contributed by atoms with Crippen LogP contribution in [-0.2, 0) is 9.53 Å². The van der Waals surface area contributed by atoms with E-state index < -0.39 is 12.0 Å². The number of amides is 2. The van der Waals surface area contributed by atoms with Crippen molar-refractivity contribution in [2.45, 2.75) is 13.0 Å². The lowest BCUT2D eigenvalue weighted by Gasteiger charge is -2.39. The Morgan fingerprint density at radius 3 is 2.27 bits per heavy atom. The fourth-order valence-corrected chi connectivity index (χ4v) is 3.15. The van der Waals surface area contributed by atoms with Crippen molar-refractivity contribution < 1.29 is 14.3 Å². The lowest BCUT2D eigenvalue weighted by atomic mass is 9.93. The summed E-state index contributed by atoms with van der Waals surface area (Å²) in [7, 11) is 4.49. The molecule has 5 nitrogen and oxygen atoms in total. The van der Waals surface area contributed by atoms with E-state index in [1.54, 1.807) is 39.2 Å². The van der Waals surface area contributed by atoms with Crippen LogP contribution in [0.4, 0.5) is 4.79 Å². The number of allylic oxidation sites excluding steroid dienone is 1. The number of hydrogen-bond acceptors (Lipinski definition) is 3. The van der Waals surface area contributed by atoms with Gasteiger partial charge in [0.05, 0.1) is 18.7 Å². The summed E-state index contributed by atoms with van der Waals surface area (Å²) in [5.74, 6) is -0.523. The number of halogens is 2. The SMILES string of the molecule is COC(=O)C1=C(C)N(C)C(=O)N(C)C1c1c(Cl)cccc1Cl. The van der Waals surface area contributed by atoms with Crippen LogP contribution in [0, 0.1) is 0 Å². The third-order valence-electron chi connectivity index (χ3n) is 3.82. The molecule has 1 aromatic rings. The Labute approximate surface area is 139 Å². The molecule has 0 N–H and O–H groups in total. The number of methoxy groups -OCH3 is 1. The zero-order chi connectivity index (χ0) is 16.6. The van der Waals surface area contributed by atoms with Crippen LogP contribution in [0.2, 0.25) is 10.0 Å². The van der Waals surface area contributed by atoms with Gasteiger partial charge in [0.2, 0.25) is 0 Å². The van der Waals surface area contributed by atoms with Crippen molar-refractivity contribution >= 4 is 35.2 Å². The fourth-order valence-electron chi connectivity index (χ4n) is 2.54. The average molecular weight is 343 g/mol. The van der Waals surface area contributed by atoms with Gasteiger partial charge in [-0.2, -0.15) is 0 Å². The van der Waals surface area contributed by atoms with Crippen LogP contribution in [0.25, 0.3) is 0 Å². The van der Waals surface area contributed by atoms with E-state index in [-0.39, 0.29) is 6.03 Å². The second-order valence-electron chi connectivity index (χ2n) is 4.98. The molecule has 0 radical (unpaired) electrons. The molecule has 0 spiro atoms. The predicted molar refractivity (Wildman–Crippen MR) is 84.8 cm³/mol. The largest absolute Gasteiger partial charge is 0.466 e. The number of hydrogen-bond donors (Lipinski definition) is 0. The Kier molecular flexibility index (Phi) is 4.68. The van der Waals surface area contributed by atoms with Crippen molar-refractivity contribution in [3.63, 3.8) is 0 Å². The van der Waals surface area contributed by atoms with Crippen molar-refractivity contribution in [1.29, 1.82) is 0 Å². The van der Waals surface area contributed by atoms with Crippen LogP contribution in [0.3, 0.4) is 0 Å². The lowest BCUT2D eigenvalue weighted by molar-refractivity contribution is -0.137. The van der Waals surface area contributed by atoms with Crippen molar-refractivity contribution in [2.75, 3.05) is 21.2 Å². The number of rotatable bonds is 2. The van der Waals surface area contributed by atoms with Crippen LogP contribution in [0.1, 0.15) is 18.5 Å². The highest BCUT2D eigenvalue weighted by molar-refractivity contribution is 6.36. The van der Waals surface area contributed by atoms with E-state index in [1.807, 2.05) is 0 Å². The molecule has 0 saturated carbocycles. The molecular formula is C15H16Cl2N2O3. The number of benzene rings is 1. The second kappa shape index (κ2) is 6.18. The van der Waals surface area contributed by atoms with Gasteiger partial charge in [0.15, 0.2) is 0 Å². The minimum absolute atomic E-state index is 0.258. The Morgan fingerprint density at radius 2 is 1.77 bits per heavy atom. The molecule has 0 saturated heterocycles. The molecule has 0 bridgehead atoms. The summed E-state index contributed by atoms with van der Waals surface area (Å²) in [6.07, 6.45) is 0. The van der Waals surface area contributed by atoms with Crippen LogP contribution in [-0.4, -0.2) is 43.0 Å². The smallest absolute Gasteiger partial charge is 0.337 e. The summed E-state index contributed by atoms with van der Waals surface area (Å²) in [4.78, 5) is 27.4. The monoisotopic (exact) mass is 342 g/mol. The average Bonchev–Trinajstić information content (AvgIpc) is 2.49. The molecule has 2 rings (SSSR count). The molecule has 1 heterocycles. The fraction of sp³-hybridized carbons (Fsp3) is 0.333. The number of carbonyl (C=O) groups excluding carboxylic acids is 2. The molecule has 1 atom stereocenters. The van der Waals surface area contributed by atoms with Crippen LogP contribution in [0.15, 0.2) is 29.5 Å². The molecule has 118 valence electrons. The zero-order valence-corrected chi connectivity index (χ0v) is 14.2. The Hall–Kier alpha value is -1.72. The molecular weight excluding hydrogens is 327 g/mol. The standard InChI is InChI=1S/C15H16Cl2N2O3/c1-8-11(14(20)22-4)13(19(3)15(21)18(8)2)12-9(16)6-5-7-10(12)17/h5-7,13H,1-4H3. The first kappa shape index (κ1) is 16.6. The van der Waals surface area contributed by atoms with Crippen molar-refractivity contribution in [3.05, 3.63) is 45.1 Å². The summed E-state index contributed by atoms with van der Waals surface area (Å²) in [5, 5.41) is 0.770. The van der Waals surface area contributed by atoms with Gasteiger partial charge in [-0.15, -0.1) is 0 Å². The lowest BCUT2D eigenvalue weighted by Crippen LogP contribution is -2.47. The van der Waals surface area contributed by atoms with E-state index >= 15 is 0 Å². The van der Waals surface area contributed by atoms with Gasteiger partial charge in [0.1, 0.15) is 0 Å². The maximum absolute atomic E-state index is 12.4. The van der Waals surface area contributed by atoms with Crippen molar-refractivity contribution in [3.8, 4) is 0 Å². The van der Waals surface area contributed by atoms with Crippen LogP contribution < -0.4 is 0 Å². The highest BCUT2D eigenvalue weighted by Gasteiger charge is 2.40. The minimum Gasteiger partial charge on any atom is -0.466 e. The van der Waals surface area contributed by atoms with E-state index in [1.165, 1.54) is 16.9 Å². The van der Waals surface area contributed by atoms with E-state index in [2.05, 4.69) is 0 Å². The zero-order valence-electron chi connectivity index (χ0n) is 12.7. The topological polar surface area (TPSA) is 49.9 Å². The summed E-state index contributed by atoms with van der Waals surface area (Å²) in [6, 6.07) is 4.09. The molecule has 1 aliphatic heterocycles. The highest BCUT2D eigenvalue weighted by Crippen LogP contribution is 2.42. The molecule has 2 amide bonds. The first-order valence-corrected chi connectivity index (χ1v) is 7.30. The molecule has 1 unspecified atom stereocenters. The number of nitrogens with zero attached hydrogens (tertiary/aromatic N) is 2. The summed E-state index contributed by atoms with van der Waals surface area (Å²) < 4.78 is 4.88. The van der Waals surface area contributed by atoms with Gasteiger partial charge >= 0.3 is 12.0 Å². The number of ether oxygens (including phenoxy) is 1. The quantitative estimate of drug-likeness (QED) is 0.773. The summed E-state index contributed by atoms with van der Waals surface area (Å²) >= 11 is 12.5. The second-order valence-corrected chi connectivity index (χ2v) is 5.80. The van der Waals surface area contributed by atoms with Gasteiger partial charge in [0.25, 0.3) is 0 Å². The van der Waals surface area contributed by atoms with Gasteiger partial charge in [-0.3, -0.25) is 0 Å². The van der Waals surface area contributed by atoms with Gasteiger partial charge in [-0.05, 0) is 19.1 Å². The first-order valence-electron chi connectivity index (χ1n) is 6.54. The van der Waals surface area contributed by atoms with Gasteiger partial charge in [-0.1, -0.05) is 29.3 Å².